The Kier molecular flexibility index (Phi) is 5.06. The Balaban J connectivity index is 2.02. The van der Waals surface area contributed by atoms with E-state index in [0.717, 1.165) is 12.8 Å². The van der Waals surface area contributed by atoms with Crippen LogP contribution in [0.1, 0.15) is 45.2 Å². The van der Waals surface area contributed by atoms with Crippen molar-refractivity contribution in [3.05, 3.63) is 65.7 Å². The van der Waals surface area contributed by atoms with Crippen LogP contribution in [0.3, 0.4) is 0 Å². The molecule has 2 aromatic rings. The number of nitrogens with one attached hydrogen (secondary N) is 1. The van der Waals surface area contributed by atoms with Crippen LogP contribution in [-0.4, -0.2) is 6.04 Å². The van der Waals surface area contributed by atoms with Gasteiger partial charge in [-0.3, -0.25) is 0 Å². The standard InChI is InChI=1S/C20H27N/c1-5-18(15-16-9-7-6-8-10-16)21-19-13-11-17(12-14-19)20(2,3)4/h6-14,18,21H,5,15H2,1-4H3. The maximum absolute atomic E-state index is 3.66. The molecule has 1 unspecified atom stereocenters. The number of anilines is 1. The summed E-state index contributed by atoms with van der Waals surface area (Å²) in [6, 6.07) is 20.1. The largest absolute Gasteiger partial charge is 0.382 e. The zero-order chi connectivity index (χ0) is 15.3. The van der Waals surface area contributed by atoms with E-state index in [1.807, 2.05) is 0 Å². The number of hydrogen-bond acceptors (Lipinski definition) is 1. The average Bonchev–Trinajstić information content (AvgIpc) is 2.47. The zero-order valence-electron chi connectivity index (χ0n) is 13.7. The number of benzene rings is 2. The molecule has 1 nitrogen and oxygen atoms in total. The second-order valence-electron chi connectivity index (χ2n) is 6.77. The highest BCUT2D eigenvalue weighted by Gasteiger charge is 2.13. The van der Waals surface area contributed by atoms with E-state index in [9.17, 15) is 0 Å². The highest BCUT2D eigenvalue weighted by molar-refractivity contribution is 5.46. The molecule has 0 heterocycles. The van der Waals surface area contributed by atoms with Crippen molar-refractivity contribution in [3.63, 3.8) is 0 Å². The lowest BCUT2D eigenvalue weighted by Gasteiger charge is -2.21. The summed E-state index contributed by atoms with van der Waals surface area (Å²) in [5, 5.41) is 3.66. The third-order valence-corrected chi connectivity index (χ3v) is 3.94. The van der Waals surface area contributed by atoms with Crippen molar-refractivity contribution in [1.29, 1.82) is 0 Å². The van der Waals surface area contributed by atoms with Gasteiger partial charge in [0.15, 0.2) is 0 Å². The van der Waals surface area contributed by atoms with Crippen molar-refractivity contribution in [3.8, 4) is 0 Å². The van der Waals surface area contributed by atoms with Crippen LogP contribution in [0.25, 0.3) is 0 Å². The molecule has 0 radical (unpaired) electrons. The molecule has 0 aliphatic rings. The van der Waals surface area contributed by atoms with Crippen LogP contribution in [0, 0.1) is 0 Å². The molecule has 1 heteroatoms. The first-order chi connectivity index (χ1) is 9.99. The van der Waals surface area contributed by atoms with E-state index in [4.69, 9.17) is 0 Å². The molecule has 0 spiro atoms. The fourth-order valence-electron chi connectivity index (χ4n) is 2.50. The van der Waals surface area contributed by atoms with E-state index in [-0.39, 0.29) is 5.41 Å². The van der Waals surface area contributed by atoms with Crippen LogP contribution in [0.2, 0.25) is 0 Å². The fourth-order valence-corrected chi connectivity index (χ4v) is 2.50. The molecule has 2 aromatic carbocycles. The quantitative estimate of drug-likeness (QED) is 0.772. The molecule has 0 bridgehead atoms. The summed E-state index contributed by atoms with van der Waals surface area (Å²) in [6.07, 6.45) is 2.19. The Labute approximate surface area is 129 Å². The molecule has 0 saturated carbocycles. The van der Waals surface area contributed by atoms with Gasteiger partial charge in [0.05, 0.1) is 0 Å². The van der Waals surface area contributed by atoms with E-state index in [0.29, 0.717) is 6.04 Å². The molecular weight excluding hydrogens is 254 g/mol. The lowest BCUT2D eigenvalue weighted by molar-refractivity contribution is 0.590. The van der Waals surface area contributed by atoms with E-state index in [1.165, 1.54) is 16.8 Å². The third kappa shape index (κ3) is 4.63. The number of rotatable bonds is 5. The Morgan fingerprint density at radius 3 is 2.05 bits per heavy atom. The van der Waals surface area contributed by atoms with Gasteiger partial charge in [0.25, 0.3) is 0 Å². The average molecular weight is 281 g/mol. The second-order valence-corrected chi connectivity index (χ2v) is 6.77. The molecule has 0 fully saturated rings. The summed E-state index contributed by atoms with van der Waals surface area (Å²) < 4.78 is 0. The Morgan fingerprint density at radius 1 is 0.905 bits per heavy atom. The molecule has 2 rings (SSSR count). The van der Waals surface area contributed by atoms with E-state index < -0.39 is 0 Å². The summed E-state index contributed by atoms with van der Waals surface area (Å²) in [5.41, 5.74) is 4.20. The van der Waals surface area contributed by atoms with Gasteiger partial charge in [-0.15, -0.1) is 0 Å². The second kappa shape index (κ2) is 6.80. The highest BCUT2D eigenvalue weighted by Crippen LogP contribution is 2.24. The van der Waals surface area contributed by atoms with Crippen LogP contribution in [0.4, 0.5) is 5.69 Å². The predicted molar refractivity (Wildman–Crippen MR) is 93.0 cm³/mol. The van der Waals surface area contributed by atoms with Crippen LogP contribution in [0.15, 0.2) is 54.6 Å². The maximum atomic E-state index is 3.66. The monoisotopic (exact) mass is 281 g/mol. The van der Waals surface area contributed by atoms with Crippen molar-refractivity contribution in [2.75, 3.05) is 5.32 Å². The fraction of sp³-hybridized carbons (Fsp3) is 0.400. The molecule has 1 N–H and O–H groups in total. The van der Waals surface area contributed by atoms with E-state index in [2.05, 4.69) is 87.6 Å². The normalized spacial score (nSPS) is 13.0. The Morgan fingerprint density at radius 2 is 1.52 bits per heavy atom. The minimum atomic E-state index is 0.215. The first-order valence-corrected chi connectivity index (χ1v) is 7.90. The summed E-state index contributed by atoms with van der Waals surface area (Å²) in [6.45, 7) is 8.99. The minimum Gasteiger partial charge on any atom is -0.382 e. The number of hydrogen-bond donors (Lipinski definition) is 1. The summed E-state index contributed by atoms with van der Waals surface area (Å²) >= 11 is 0. The zero-order valence-corrected chi connectivity index (χ0v) is 13.7. The van der Waals surface area contributed by atoms with Gasteiger partial charge in [-0.1, -0.05) is 70.2 Å². The van der Waals surface area contributed by atoms with Crippen LogP contribution in [-0.2, 0) is 11.8 Å². The van der Waals surface area contributed by atoms with Crippen LogP contribution >= 0.6 is 0 Å². The molecule has 0 amide bonds. The van der Waals surface area contributed by atoms with Gasteiger partial charge in [0, 0.05) is 11.7 Å². The van der Waals surface area contributed by atoms with Gasteiger partial charge < -0.3 is 5.32 Å². The van der Waals surface area contributed by atoms with Gasteiger partial charge in [-0.25, -0.2) is 0 Å². The van der Waals surface area contributed by atoms with Crippen molar-refractivity contribution >= 4 is 5.69 Å². The molecule has 0 aliphatic carbocycles. The molecule has 112 valence electrons. The summed E-state index contributed by atoms with van der Waals surface area (Å²) in [4.78, 5) is 0. The van der Waals surface area contributed by atoms with Crippen molar-refractivity contribution in [1.82, 2.24) is 0 Å². The summed E-state index contributed by atoms with van der Waals surface area (Å²) in [7, 11) is 0. The molecule has 0 aliphatic heterocycles. The van der Waals surface area contributed by atoms with Crippen molar-refractivity contribution in [2.24, 2.45) is 0 Å². The predicted octanol–water partition coefficient (Wildman–Crippen LogP) is 5.42. The molecule has 21 heavy (non-hydrogen) atoms. The SMILES string of the molecule is CCC(Cc1ccccc1)Nc1ccc(C(C)(C)C)cc1. The maximum Gasteiger partial charge on any atom is 0.0342 e. The van der Waals surface area contributed by atoms with Crippen LogP contribution < -0.4 is 5.32 Å². The van der Waals surface area contributed by atoms with Gasteiger partial charge in [-0.05, 0) is 41.5 Å². The van der Waals surface area contributed by atoms with Gasteiger partial charge in [0.1, 0.15) is 0 Å². The minimum absolute atomic E-state index is 0.215. The van der Waals surface area contributed by atoms with Gasteiger partial charge in [0.2, 0.25) is 0 Å². The highest BCUT2D eigenvalue weighted by atomic mass is 14.9. The van der Waals surface area contributed by atoms with E-state index in [1.54, 1.807) is 0 Å². The topological polar surface area (TPSA) is 12.0 Å². The molecule has 1 atom stereocenters. The Bertz CT molecular complexity index is 534. The van der Waals surface area contributed by atoms with Crippen LogP contribution in [0.5, 0.6) is 0 Å². The first kappa shape index (κ1) is 15.6. The van der Waals surface area contributed by atoms with Gasteiger partial charge >= 0.3 is 0 Å². The Hall–Kier alpha value is -1.76. The van der Waals surface area contributed by atoms with Crippen molar-refractivity contribution in [2.45, 2.75) is 52.0 Å². The lowest BCUT2D eigenvalue weighted by Crippen LogP contribution is -2.21. The lowest BCUT2D eigenvalue weighted by atomic mass is 9.87. The van der Waals surface area contributed by atoms with Crippen molar-refractivity contribution < 1.29 is 0 Å². The first-order valence-electron chi connectivity index (χ1n) is 7.90. The van der Waals surface area contributed by atoms with E-state index >= 15 is 0 Å². The smallest absolute Gasteiger partial charge is 0.0342 e. The molecular formula is C20H27N. The third-order valence-electron chi connectivity index (χ3n) is 3.94. The molecule has 0 aromatic heterocycles. The molecule has 0 saturated heterocycles. The summed E-state index contributed by atoms with van der Waals surface area (Å²) in [5.74, 6) is 0. The van der Waals surface area contributed by atoms with Gasteiger partial charge in [-0.2, -0.15) is 0 Å².